The van der Waals surface area contributed by atoms with E-state index in [9.17, 15) is 0 Å². The van der Waals surface area contributed by atoms with Crippen LogP contribution in [-0.2, 0) is 0 Å². The Kier molecular flexibility index (Phi) is 8.87. The van der Waals surface area contributed by atoms with Crippen LogP contribution >= 0.6 is 43.5 Å². The van der Waals surface area contributed by atoms with E-state index in [0.29, 0.717) is 28.6 Å². The first kappa shape index (κ1) is 25.2. The third-order valence-corrected chi connectivity index (χ3v) is 6.16. The number of nitrogens with one attached hydrogen (secondary N) is 2. The number of aromatic nitrogens is 3. The van der Waals surface area contributed by atoms with Crippen molar-refractivity contribution >= 4 is 73.2 Å². The Hall–Kier alpha value is -2.43. The molecule has 0 spiro atoms. The van der Waals surface area contributed by atoms with Gasteiger partial charge in [-0.1, -0.05) is 33.6 Å². The zero-order valence-electron chi connectivity index (χ0n) is 18.7. The average molecular weight is 598 g/mol. The number of halogens is 3. The van der Waals surface area contributed by atoms with Crippen LogP contribution in [0.1, 0.15) is 25.0 Å². The Morgan fingerprint density at radius 2 is 1.82 bits per heavy atom. The van der Waals surface area contributed by atoms with Crippen molar-refractivity contribution < 1.29 is 4.74 Å². The van der Waals surface area contributed by atoms with Gasteiger partial charge in [-0.25, -0.2) is 5.43 Å². The van der Waals surface area contributed by atoms with E-state index >= 15 is 0 Å². The molecule has 0 unspecified atom stereocenters. The van der Waals surface area contributed by atoms with Crippen LogP contribution in [0.5, 0.6) is 5.75 Å². The predicted octanol–water partition coefficient (Wildman–Crippen LogP) is 6.40. The number of ether oxygens (including phenoxy) is 1. The molecule has 8 nitrogen and oxygen atoms in total. The summed E-state index contributed by atoms with van der Waals surface area (Å²) in [4.78, 5) is 15.6. The van der Waals surface area contributed by atoms with E-state index in [1.165, 1.54) is 0 Å². The standard InChI is InChI=1S/C22H24Br2ClN7O/c1-5-32(6-2)22-29-20(27-16-8-7-13(3)18(25)11-16)28-21(30-22)31-26-12-14-9-15(23)10-17(24)19(14)33-4/h7-12H,5-6H2,1-4H3,(H2,27,28,29,30,31)/b26-12-. The molecular formula is C22H24Br2ClN7O. The fourth-order valence-corrected chi connectivity index (χ4v) is 4.57. The van der Waals surface area contributed by atoms with Gasteiger partial charge in [-0.3, -0.25) is 0 Å². The number of anilines is 4. The molecule has 174 valence electrons. The summed E-state index contributed by atoms with van der Waals surface area (Å²) in [6.07, 6.45) is 1.64. The van der Waals surface area contributed by atoms with E-state index in [4.69, 9.17) is 16.3 Å². The number of hydrogen-bond donors (Lipinski definition) is 2. The summed E-state index contributed by atoms with van der Waals surface area (Å²) in [5, 5.41) is 8.17. The Morgan fingerprint density at radius 3 is 2.48 bits per heavy atom. The quantitative estimate of drug-likeness (QED) is 0.218. The number of rotatable bonds is 9. The van der Waals surface area contributed by atoms with E-state index in [-0.39, 0.29) is 0 Å². The second kappa shape index (κ2) is 11.6. The SMILES string of the molecule is CCN(CC)c1nc(N/N=C\c2cc(Br)cc(Br)c2OC)nc(Nc2ccc(C)c(Cl)c2)n1. The first-order chi connectivity index (χ1) is 15.8. The smallest absolute Gasteiger partial charge is 0.250 e. The Labute approximate surface area is 215 Å². The zero-order valence-corrected chi connectivity index (χ0v) is 22.6. The molecule has 0 bridgehead atoms. The molecule has 3 aromatic rings. The summed E-state index contributed by atoms with van der Waals surface area (Å²) in [5.41, 5.74) is 5.45. The van der Waals surface area contributed by atoms with Crippen LogP contribution in [0.4, 0.5) is 23.5 Å². The molecule has 1 heterocycles. The lowest BCUT2D eigenvalue weighted by molar-refractivity contribution is 0.411. The van der Waals surface area contributed by atoms with Gasteiger partial charge in [0.2, 0.25) is 17.8 Å². The largest absolute Gasteiger partial charge is 0.495 e. The van der Waals surface area contributed by atoms with Gasteiger partial charge in [0.05, 0.1) is 17.8 Å². The zero-order chi connectivity index (χ0) is 24.0. The lowest BCUT2D eigenvalue weighted by atomic mass is 10.2. The van der Waals surface area contributed by atoms with E-state index < -0.39 is 0 Å². The normalized spacial score (nSPS) is 11.0. The minimum absolute atomic E-state index is 0.303. The highest BCUT2D eigenvalue weighted by atomic mass is 79.9. The first-order valence-corrected chi connectivity index (χ1v) is 12.2. The summed E-state index contributed by atoms with van der Waals surface area (Å²) in [6.45, 7) is 7.54. The monoisotopic (exact) mass is 595 g/mol. The summed E-state index contributed by atoms with van der Waals surface area (Å²) < 4.78 is 7.17. The molecule has 0 atom stereocenters. The van der Waals surface area contributed by atoms with Crippen LogP contribution in [0.15, 0.2) is 44.4 Å². The summed E-state index contributed by atoms with van der Waals surface area (Å²) >= 11 is 13.2. The number of aryl methyl sites for hydroxylation is 1. The van der Waals surface area contributed by atoms with Gasteiger partial charge < -0.3 is 15.0 Å². The molecule has 2 N–H and O–H groups in total. The van der Waals surface area contributed by atoms with Crippen molar-refractivity contribution in [3.8, 4) is 5.75 Å². The van der Waals surface area contributed by atoms with Crippen molar-refractivity contribution in [1.82, 2.24) is 15.0 Å². The van der Waals surface area contributed by atoms with E-state index in [1.54, 1.807) is 13.3 Å². The Bertz CT molecular complexity index is 1160. The highest BCUT2D eigenvalue weighted by Crippen LogP contribution is 2.31. The predicted molar refractivity (Wildman–Crippen MR) is 142 cm³/mol. The van der Waals surface area contributed by atoms with Crippen LogP contribution in [-0.4, -0.2) is 41.4 Å². The fourth-order valence-electron chi connectivity index (χ4n) is 2.97. The van der Waals surface area contributed by atoms with Gasteiger partial charge in [-0.15, -0.1) is 0 Å². The van der Waals surface area contributed by atoms with E-state index in [2.05, 4.69) is 62.7 Å². The third-order valence-electron chi connectivity index (χ3n) is 4.71. The number of nitrogens with zero attached hydrogens (tertiary/aromatic N) is 5. The van der Waals surface area contributed by atoms with Gasteiger partial charge in [0, 0.05) is 33.8 Å². The molecule has 2 aromatic carbocycles. The summed E-state index contributed by atoms with van der Waals surface area (Å²) in [5.74, 6) is 1.89. The molecular weight excluding hydrogens is 574 g/mol. The van der Waals surface area contributed by atoms with Gasteiger partial charge in [-0.2, -0.15) is 20.1 Å². The second-order valence-corrected chi connectivity index (χ2v) is 9.10. The number of benzene rings is 2. The molecule has 33 heavy (non-hydrogen) atoms. The lowest BCUT2D eigenvalue weighted by Gasteiger charge is -2.19. The highest BCUT2D eigenvalue weighted by molar-refractivity contribution is 9.11. The molecule has 0 aliphatic rings. The van der Waals surface area contributed by atoms with Crippen LogP contribution in [0.3, 0.4) is 0 Å². The van der Waals surface area contributed by atoms with Crippen molar-refractivity contribution in [2.75, 3.05) is 35.8 Å². The number of methoxy groups -OCH3 is 1. The molecule has 0 aliphatic carbocycles. The molecule has 0 amide bonds. The Balaban J connectivity index is 1.90. The van der Waals surface area contributed by atoms with Crippen LogP contribution in [0.2, 0.25) is 5.02 Å². The van der Waals surface area contributed by atoms with Crippen LogP contribution in [0, 0.1) is 6.92 Å². The van der Waals surface area contributed by atoms with Crippen molar-refractivity contribution in [3.63, 3.8) is 0 Å². The van der Waals surface area contributed by atoms with Crippen LogP contribution < -0.4 is 20.4 Å². The van der Waals surface area contributed by atoms with Crippen molar-refractivity contribution in [3.05, 3.63) is 55.4 Å². The number of hydrogen-bond acceptors (Lipinski definition) is 8. The maximum absolute atomic E-state index is 6.26. The Morgan fingerprint density at radius 1 is 1.09 bits per heavy atom. The molecule has 3 rings (SSSR count). The summed E-state index contributed by atoms with van der Waals surface area (Å²) in [7, 11) is 1.61. The highest BCUT2D eigenvalue weighted by Gasteiger charge is 2.12. The second-order valence-electron chi connectivity index (χ2n) is 6.92. The van der Waals surface area contributed by atoms with E-state index in [0.717, 1.165) is 38.8 Å². The van der Waals surface area contributed by atoms with Crippen molar-refractivity contribution in [2.45, 2.75) is 20.8 Å². The molecule has 11 heteroatoms. The topological polar surface area (TPSA) is 87.6 Å². The van der Waals surface area contributed by atoms with Gasteiger partial charge in [0.25, 0.3) is 0 Å². The van der Waals surface area contributed by atoms with Crippen molar-refractivity contribution in [2.24, 2.45) is 5.10 Å². The minimum atomic E-state index is 0.303. The summed E-state index contributed by atoms with van der Waals surface area (Å²) in [6, 6.07) is 9.49. The fraction of sp³-hybridized carbons (Fsp3) is 0.273. The van der Waals surface area contributed by atoms with Gasteiger partial charge in [-0.05, 0) is 66.5 Å². The first-order valence-electron chi connectivity index (χ1n) is 10.2. The maximum Gasteiger partial charge on any atom is 0.250 e. The third kappa shape index (κ3) is 6.55. The molecule has 0 radical (unpaired) electrons. The van der Waals surface area contributed by atoms with Crippen LogP contribution in [0.25, 0.3) is 0 Å². The molecule has 0 saturated carbocycles. The van der Waals surface area contributed by atoms with Gasteiger partial charge in [0.15, 0.2) is 0 Å². The molecule has 0 aliphatic heterocycles. The van der Waals surface area contributed by atoms with Gasteiger partial charge >= 0.3 is 0 Å². The lowest BCUT2D eigenvalue weighted by Crippen LogP contribution is -2.25. The minimum Gasteiger partial charge on any atom is -0.495 e. The van der Waals surface area contributed by atoms with Gasteiger partial charge in [0.1, 0.15) is 5.75 Å². The maximum atomic E-state index is 6.26. The molecule has 0 saturated heterocycles. The van der Waals surface area contributed by atoms with Crippen molar-refractivity contribution in [1.29, 1.82) is 0 Å². The number of hydrazone groups is 1. The molecule has 0 fully saturated rings. The molecule has 1 aromatic heterocycles. The van der Waals surface area contributed by atoms with E-state index in [1.807, 2.05) is 56.0 Å². The average Bonchev–Trinajstić information content (AvgIpc) is 2.77.